The summed E-state index contributed by atoms with van der Waals surface area (Å²) in [4.78, 5) is 11.7. The third-order valence-corrected chi connectivity index (χ3v) is 2.68. The molecule has 17 heavy (non-hydrogen) atoms. The molecule has 0 heterocycles. The van der Waals surface area contributed by atoms with Gasteiger partial charge in [0.25, 0.3) is 0 Å². The molecule has 1 unspecified atom stereocenters. The highest BCUT2D eigenvalue weighted by Gasteiger charge is 2.24. The fourth-order valence-electron chi connectivity index (χ4n) is 2.11. The minimum absolute atomic E-state index is 0.293. The number of aryl methyl sites for hydroxylation is 3. The van der Waals surface area contributed by atoms with Crippen molar-refractivity contribution >= 4 is 5.97 Å². The van der Waals surface area contributed by atoms with E-state index < -0.39 is 11.9 Å². The van der Waals surface area contributed by atoms with Gasteiger partial charge in [-0.3, -0.25) is 4.79 Å². The van der Waals surface area contributed by atoms with E-state index in [0.29, 0.717) is 6.61 Å². The number of benzene rings is 1. The van der Waals surface area contributed by atoms with Gasteiger partial charge in [0.05, 0.1) is 12.7 Å². The molecule has 0 amide bonds. The number of esters is 1. The van der Waals surface area contributed by atoms with Crippen LogP contribution in [0.1, 0.15) is 35.1 Å². The molecule has 1 aromatic carbocycles. The summed E-state index contributed by atoms with van der Waals surface area (Å²) in [5.41, 5.74) is 3.82. The van der Waals surface area contributed by atoms with Gasteiger partial charge in [-0.25, -0.2) is 0 Å². The van der Waals surface area contributed by atoms with Crippen molar-refractivity contribution in [2.75, 3.05) is 6.61 Å². The molecule has 0 aliphatic heterocycles. The van der Waals surface area contributed by atoms with Crippen molar-refractivity contribution < 1.29 is 9.53 Å². The Kier molecular flexibility index (Phi) is 4.28. The Hall–Kier alpha value is -1.82. The Bertz CT molecular complexity index is 449. The minimum Gasteiger partial charge on any atom is -0.465 e. The van der Waals surface area contributed by atoms with Crippen molar-refractivity contribution in [3.63, 3.8) is 0 Å². The van der Waals surface area contributed by atoms with Crippen LogP contribution in [0.5, 0.6) is 0 Å². The summed E-state index contributed by atoms with van der Waals surface area (Å²) in [6.07, 6.45) is 0. The maximum Gasteiger partial charge on any atom is 0.327 e. The molecule has 0 aliphatic carbocycles. The van der Waals surface area contributed by atoms with Crippen LogP contribution in [0.25, 0.3) is 0 Å². The molecule has 3 heteroatoms. The number of hydrogen-bond donors (Lipinski definition) is 0. The van der Waals surface area contributed by atoms with Gasteiger partial charge in [-0.15, -0.1) is 0 Å². The average Bonchev–Trinajstić information content (AvgIpc) is 2.23. The standard InChI is InChI=1S/C14H17NO2/c1-5-17-14(16)12(8-15)13-10(3)6-9(2)7-11(13)4/h6-7,12H,5H2,1-4H3. The molecule has 1 aromatic rings. The molecule has 0 fully saturated rings. The van der Waals surface area contributed by atoms with Crippen molar-refractivity contribution in [1.29, 1.82) is 5.26 Å². The van der Waals surface area contributed by atoms with Gasteiger partial charge in [-0.1, -0.05) is 17.7 Å². The van der Waals surface area contributed by atoms with E-state index in [1.807, 2.05) is 39.0 Å². The lowest BCUT2D eigenvalue weighted by atomic mass is 9.90. The summed E-state index contributed by atoms with van der Waals surface area (Å²) in [6, 6.07) is 5.99. The first-order chi connectivity index (χ1) is 8.01. The number of nitriles is 1. The maximum absolute atomic E-state index is 11.7. The molecule has 0 spiro atoms. The molecule has 1 rings (SSSR count). The second-order valence-electron chi connectivity index (χ2n) is 4.13. The van der Waals surface area contributed by atoms with E-state index >= 15 is 0 Å². The molecule has 0 saturated heterocycles. The lowest BCUT2D eigenvalue weighted by molar-refractivity contribution is -0.143. The zero-order valence-electron chi connectivity index (χ0n) is 10.7. The summed E-state index contributed by atoms with van der Waals surface area (Å²) < 4.78 is 4.93. The molecular weight excluding hydrogens is 214 g/mol. The van der Waals surface area contributed by atoms with Gasteiger partial charge in [0.15, 0.2) is 5.92 Å². The van der Waals surface area contributed by atoms with E-state index in [-0.39, 0.29) is 0 Å². The van der Waals surface area contributed by atoms with Gasteiger partial charge in [-0.05, 0) is 44.4 Å². The Morgan fingerprint density at radius 1 is 1.35 bits per heavy atom. The van der Waals surface area contributed by atoms with Gasteiger partial charge >= 0.3 is 5.97 Å². The summed E-state index contributed by atoms with van der Waals surface area (Å²) in [6.45, 7) is 7.86. The lowest BCUT2D eigenvalue weighted by Gasteiger charge is -2.15. The van der Waals surface area contributed by atoms with E-state index in [9.17, 15) is 4.79 Å². The highest BCUT2D eigenvalue weighted by molar-refractivity contribution is 5.82. The second kappa shape index (κ2) is 5.49. The van der Waals surface area contributed by atoms with Gasteiger partial charge in [0, 0.05) is 0 Å². The van der Waals surface area contributed by atoms with Gasteiger partial charge in [0.2, 0.25) is 0 Å². The molecule has 3 nitrogen and oxygen atoms in total. The Labute approximate surface area is 102 Å². The first kappa shape index (κ1) is 13.2. The summed E-state index contributed by atoms with van der Waals surface area (Å²) in [7, 11) is 0. The van der Waals surface area contributed by atoms with Gasteiger partial charge in [0.1, 0.15) is 0 Å². The largest absolute Gasteiger partial charge is 0.465 e. The fraction of sp³-hybridized carbons (Fsp3) is 0.429. The van der Waals surface area contributed by atoms with Crippen LogP contribution in [0.4, 0.5) is 0 Å². The van der Waals surface area contributed by atoms with E-state index in [0.717, 1.165) is 22.3 Å². The van der Waals surface area contributed by atoms with E-state index in [1.54, 1.807) is 6.92 Å². The summed E-state index contributed by atoms with van der Waals surface area (Å²) in [5.74, 6) is -1.29. The molecule has 0 aliphatic rings. The minimum atomic E-state index is -0.824. The summed E-state index contributed by atoms with van der Waals surface area (Å²) >= 11 is 0. The highest BCUT2D eigenvalue weighted by atomic mass is 16.5. The van der Waals surface area contributed by atoms with Crippen LogP contribution in [0.15, 0.2) is 12.1 Å². The van der Waals surface area contributed by atoms with E-state index in [1.165, 1.54) is 0 Å². The SMILES string of the molecule is CCOC(=O)C(C#N)c1c(C)cc(C)cc1C. The monoisotopic (exact) mass is 231 g/mol. The van der Waals surface area contributed by atoms with Crippen LogP contribution < -0.4 is 0 Å². The van der Waals surface area contributed by atoms with Crippen molar-refractivity contribution in [3.05, 3.63) is 34.4 Å². The Morgan fingerprint density at radius 2 is 1.88 bits per heavy atom. The number of rotatable bonds is 3. The number of carbonyl (C=O) groups excluding carboxylic acids is 1. The van der Waals surface area contributed by atoms with Gasteiger partial charge < -0.3 is 4.74 Å². The van der Waals surface area contributed by atoms with Crippen molar-refractivity contribution in [2.45, 2.75) is 33.6 Å². The van der Waals surface area contributed by atoms with Crippen LogP contribution >= 0.6 is 0 Å². The number of ether oxygens (including phenoxy) is 1. The molecule has 1 atom stereocenters. The first-order valence-electron chi connectivity index (χ1n) is 5.65. The van der Waals surface area contributed by atoms with Crippen LogP contribution in [0.2, 0.25) is 0 Å². The molecule has 0 bridgehead atoms. The molecule has 0 saturated carbocycles. The maximum atomic E-state index is 11.7. The van der Waals surface area contributed by atoms with Crippen LogP contribution in [-0.4, -0.2) is 12.6 Å². The highest BCUT2D eigenvalue weighted by Crippen LogP contribution is 2.25. The molecule has 0 aromatic heterocycles. The quantitative estimate of drug-likeness (QED) is 0.751. The molecular formula is C14H17NO2. The van der Waals surface area contributed by atoms with Gasteiger partial charge in [-0.2, -0.15) is 5.26 Å². The topological polar surface area (TPSA) is 50.1 Å². The van der Waals surface area contributed by atoms with E-state index in [2.05, 4.69) is 0 Å². The second-order valence-corrected chi connectivity index (χ2v) is 4.13. The van der Waals surface area contributed by atoms with Crippen molar-refractivity contribution in [2.24, 2.45) is 0 Å². The van der Waals surface area contributed by atoms with Crippen molar-refractivity contribution in [3.8, 4) is 6.07 Å². The zero-order valence-corrected chi connectivity index (χ0v) is 10.7. The first-order valence-corrected chi connectivity index (χ1v) is 5.65. The predicted octanol–water partition coefficient (Wildman–Crippen LogP) is 2.78. The number of carbonyl (C=O) groups is 1. The lowest BCUT2D eigenvalue weighted by Crippen LogP contribution is -2.16. The fourth-order valence-corrected chi connectivity index (χ4v) is 2.11. The number of hydrogen-bond acceptors (Lipinski definition) is 3. The third-order valence-electron chi connectivity index (χ3n) is 2.68. The van der Waals surface area contributed by atoms with Crippen LogP contribution in [0, 0.1) is 32.1 Å². The average molecular weight is 231 g/mol. The Morgan fingerprint density at radius 3 is 2.29 bits per heavy atom. The number of nitrogens with zero attached hydrogens (tertiary/aromatic N) is 1. The van der Waals surface area contributed by atoms with Crippen LogP contribution in [0.3, 0.4) is 0 Å². The van der Waals surface area contributed by atoms with Crippen molar-refractivity contribution in [1.82, 2.24) is 0 Å². The normalized spacial score (nSPS) is 11.7. The molecule has 0 N–H and O–H groups in total. The zero-order chi connectivity index (χ0) is 13.0. The molecule has 0 radical (unpaired) electrons. The smallest absolute Gasteiger partial charge is 0.327 e. The Balaban J connectivity index is 3.22. The predicted molar refractivity (Wildman–Crippen MR) is 65.6 cm³/mol. The van der Waals surface area contributed by atoms with E-state index in [4.69, 9.17) is 10.00 Å². The molecule has 90 valence electrons. The van der Waals surface area contributed by atoms with Crippen LogP contribution in [-0.2, 0) is 9.53 Å². The summed E-state index contributed by atoms with van der Waals surface area (Å²) in [5, 5.41) is 9.14. The third kappa shape index (κ3) is 2.85.